The second kappa shape index (κ2) is 7.45. The zero-order chi connectivity index (χ0) is 15.1. The van der Waals surface area contributed by atoms with Gasteiger partial charge in [0.05, 0.1) is 12.7 Å². The monoisotopic (exact) mass is 285 g/mol. The van der Waals surface area contributed by atoms with E-state index in [9.17, 15) is 4.79 Å². The van der Waals surface area contributed by atoms with E-state index in [4.69, 9.17) is 9.84 Å². The lowest BCUT2D eigenvalue weighted by Gasteiger charge is -2.09. The number of ether oxygens (including phenoxy) is 1. The molecule has 0 aromatic heterocycles. The molecule has 2 N–H and O–H groups in total. The van der Waals surface area contributed by atoms with Gasteiger partial charge in [-0.2, -0.15) is 0 Å². The largest absolute Gasteiger partial charge is 0.496 e. The molecule has 0 radical (unpaired) electrons. The summed E-state index contributed by atoms with van der Waals surface area (Å²) in [5.74, 6) is -0.00181. The van der Waals surface area contributed by atoms with E-state index in [-0.39, 0.29) is 0 Å². The second-order valence-corrected chi connectivity index (χ2v) is 4.74. The molecule has 0 aliphatic rings. The number of aromatic carboxylic acids is 1. The first-order valence-electron chi connectivity index (χ1n) is 6.85. The van der Waals surface area contributed by atoms with Crippen molar-refractivity contribution in [2.24, 2.45) is 0 Å². The molecule has 4 nitrogen and oxygen atoms in total. The minimum absolute atomic E-state index is 0.319. The molecule has 2 aromatic carbocycles. The summed E-state index contributed by atoms with van der Waals surface area (Å²) < 4.78 is 5.31. The van der Waals surface area contributed by atoms with Crippen LogP contribution in [0.5, 0.6) is 5.75 Å². The Hall–Kier alpha value is -2.33. The molecule has 0 atom stereocenters. The van der Waals surface area contributed by atoms with Crippen LogP contribution in [0.25, 0.3) is 0 Å². The Balaban J connectivity index is 1.85. The van der Waals surface area contributed by atoms with Crippen LogP contribution in [0, 0.1) is 0 Å². The molecule has 0 aliphatic heterocycles. The van der Waals surface area contributed by atoms with E-state index in [0.29, 0.717) is 12.1 Å². The van der Waals surface area contributed by atoms with Crippen LogP contribution in [-0.4, -0.2) is 24.7 Å². The van der Waals surface area contributed by atoms with Gasteiger partial charge < -0.3 is 15.2 Å². The summed E-state index contributed by atoms with van der Waals surface area (Å²) in [6, 6.07) is 14.9. The van der Waals surface area contributed by atoms with E-state index in [2.05, 4.69) is 5.32 Å². The zero-order valence-electron chi connectivity index (χ0n) is 12.0. The number of carbonyl (C=O) groups is 1. The average molecular weight is 285 g/mol. The normalized spacial score (nSPS) is 10.3. The van der Waals surface area contributed by atoms with Gasteiger partial charge in [-0.1, -0.05) is 30.3 Å². The van der Waals surface area contributed by atoms with Gasteiger partial charge in [0.1, 0.15) is 5.75 Å². The highest BCUT2D eigenvalue weighted by Crippen LogP contribution is 2.17. The van der Waals surface area contributed by atoms with Gasteiger partial charge in [-0.3, -0.25) is 0 Å². The number of hydrogen-bond donors (Lipinski definition) is 2. The molecule has 0 bridgehead atoms. The maximum atomic E-state index is 10.9. The van der Waals surface area contributed by atoms with Crippen molar-refractivity contribution in [3.63, 3.8) is 0 Å². The van der Waals surface area contributed by atoms with E-state index in [1.54, 1.807) is 25.3 Å². The summed E-state index contributed by atoms with van der Waals surface area (Å²) in [7, 11) is 1.67. The van der Waals surface area contributed by atoms with E-state index in [0.717, 1.165) is 29.8 Å². The van der Waals surface area contributed by atoms with Crippen LogP contribution >= 0.6 is 0 Å². The van der Waals surface area contributed by atoms with Gasteiger partial charge in [0.2, 0.25) is 0 Å². The van der Waals surface area contributed by atoms with Crippen molar-refractivity contribution >= 4 is 5.97 Å². The molecule has 0 saturated carbocycles. The molecule has 4 heteroatoms. The number of para-hydroxylation sites is 1. The average Bonchev–Trinajstić information content (AvgIpc) is 2.52. The summed E-state index contributed by atoms with van der Waals surface area (Å²) in [6.07, 6.45) is 0.864. The van der Waals surface area contributed by atoms with Gasteiger partial charge in [-0.15, -0.1) is 0 Å². The molecular formula is C17H19NO3. The highest BCUT2D eigenvalue weighted by Gasteiger charge is 2.04. The fourth-order valence-corrected chi connectivity index (χ4v) is 2.18. The van der Waals surface area contributed by atoms with Crippen LogP contribution in [0.15, 0.2) is 48.5 Å². The smallest absolute Gasteiger partial charge is 0.335 e. The van der Waals surface area contributed by atoms with Crippen molar-refractivity contribution in [1.29, 1.82) is 0 Å². The van der Waals surface area contributed by atoms with Crippen LogP contribution in [0.2, 0.25) is 0 Å². The van der Waals surface area contributed by atoms with Crippen molar-refractivity contribution in [3.05, 3.63) is 65.2 Å². The molecule has 0 saturated heterocycles. The molecule has 0 unspecified atom stereocenters. The minimum Gasteiger partial charge on any atom is -0.496 e. The molecule has 2 aromatic rings. The third-order valence-corrected chi connectivity index (χ3v) is 3.27. The number of carboxylic acids is 1. The SMILES string of the molecule is COc1ccccc1CCNCc1cccc(C(=O)O)c1. The molecule has 0 heterocycles. The highest BCUT2D eigenvalue weighted by atomic mass is 16.5. The molecule has 0 amide bonds. The van der Waals surface area contributed by atoms with Gasteiger partial charge in [0.15, 0.2) is 0 Å². The topological polar surface area (TPSA) is 58.6 Å². The second-order valence-electron chi connectivity index (χ2n) is 4.74. The van der Waals surface area contributed by atoms with Crippen molar-refractivity contribution in [2.45, 2.75) is 13.0 Å². The van der Waals surface area contributed by atoms with Crippen LogP contribution < -0.4 is 10.1 Å². The quantitative estimate of drug-likeness (QED) is 0.768. The third-order valence-electron chi connectivity index (χ3n) is 3.27. The maximum absolute atomic E-state index is 10.9. The van der Waals surface area contributed by atoms with Crippen molar-refractivity contribution < 1.29 is 14.6 Å². The number of benzene rings is 2. The number of hydrogen-bond acceptors (Lipinski definition) is 3. The first-order valence-corrected chi connectivity index (χ1v) is 6.85. The number of methoxy groups -OCH3 is 1. The first kappa shape index (κ1) is 15.1. The molecule has 110 valence electrons. The predicted molar refractivity (Wildman–Crippen MR) is 81.8 cm³/mol. The maximum Gasteiger partial charge on any atom is 0.335 e. The summed E-state index contributed by atoms with van der Waals surface area (Å²) in [6.45, 7) is 1.45. The van der Waals surface area contributed by atoms with Crippen LogP contribution in [0.4, 0.5) is 0 Å². The van der Waals surface area contributed by atoms with E-state index < -0.39 is 5.97 Å². The van der Waals surface area contributed by atoms with Crippen LogP contribution in [-0.2, 0) is 13.0 Å². The zero-order valence-corrected chi connectivity index (χ0v) is 12.0. The van der Waals surface area contributed by atoms with Gasteiger partial charge >= 0.3 is 5.97 Å². The van der Waals surface area contributed by atoms with Gasteiger partial charge in [-0.05, 0) is 42.3 Å². The molecular weight excluding hydrogens is 266 g/mol. The lowest BCUT2D eigenvalue weighted by atomic mass is 10.1. The van der Waals surface area contributed by atoms with Gasteiger partial charge in [0.25, 0.3) is 0 Å². The number of rotatable bonds is 7. The fourth-order valence-electron chi connectivity index (χ4n) is 2.18. The first-order chi connectivity index (χ1) is 10.2. The summed E-state index contributed by atoms with van der Waals surface area (Å²) in [4.78, 5) is 10.9. The minimum atomic E-state index is -0.897. The lowest BCUT2D eigenvalue weighted by Crippen LogP contribution is -2.17. The van der Waals surface area contributed by atoms with E-state index in [1.807, 2.05) is 30.3 Å². The van der Waals surface area contributed by atoms with Crippen molar-refractivity contribution in [3.8, 4) is 5.75 Å². The predicted octanol–water partition coefficient (Wildman–Crippen LogP) is 2.73. The highest BCUT2D eigenvalue weighted by molar-refractivity contribution is 5.87. The summed E-state index contributed by atoms with van der Waals surface area (Å²) in [5.41, 5.74) is 2.45. The standard InChI is InChI=1S/C17H19NO3/c1-21-16-8-3-2-6-14(16)9-10-18-12-13-5-4-7-15(11-13)17(19)20/h2-8,11,18H,9-10,12H2,1H3,(H,19,20). The van der Waals surface area contributed by atoms with Gasteiger partial charge in [0, 0.05) is 6.54 Å². The van der Waals surface area contributed by atoms with Crippen LogP contribution in [0.1, 0.15) is 21.5 Å². The van der Waals surface area contributed by atoms with Crippen LogP contribution in [0.3, 0.4) is 0 Å². The van der Waals surface area contributed by atoms with Crippen molar-refractivity contribution in [1.82, 2.24) is 5.32 Å². The molecule has 21 heavy (non-hydrogen) atoms. The lowest BCUT2D eigenvalue weighted by molar-refractivity contribution is 0.0696. The fraction of sp³-hybridized carbons (Fsp3) is 0.235. The van der Waals surface area contributed by atoms with Crippen molar-refractivity contribution in [2.75, 3.05) is 13.7 Å². The Morgan fingerprint density at radius 3 is 2.76 bits per heavy atom. The van der Waals surface area contributed by atoms with Gasteiger partial charge in [-0.25, -0.2) is 4.79 Å². The summed E-state index contributed by atoms with van der Waals surface area (Å²) in [5, 5.41) is 12.3. The third kappa shape index (κ3) is 4.33. The Morgan fingerprint density at radius 2 is 2.00 bits per heavy atom. The summed E-state index contributed by atoms with van der Waals surface area (Å²) >= 11 is 0. The molecule has 0 fully saturated rings. The molecule has 0 aliphatic carbocycles. The Morgan fingerprint density at radius 1 is 1.19 bits per heavy atom. The Bertz CT molecular complexity index is 610. The number of carboxylic acid groups (broad SMARTS) is 1. The molecule has 2 rings (SSSR count). The van der Waals surface area contributed by atoms with E-state index in [1.165, 1.54) is 0 Å². The molecule has 0 spiro atoms. The Labute approximate surface area is 124 Å². The number of nitrogens with one attached hydrogen (secondary N) is 1. The van der Waals surface area contributed by atoms with E-state index >= 15 is 0 Å². The Kier molecular flexibility index (Phi) is 5.35.